The summed E-state index contributed by atoms with van der Waals surface area (Å²) in [5.41, 5.74) is 27.0. The van der Waals surface area contributed by atoms with Crippen LogP contribution in [0.25, 0.3) is 10.9 Å². The Morgan fingerprint density at radius 1 is 0.787 bits per heavy atom. The number of nitrogens with one attached hydrogen (secondary N) is 10. The highest BCUT2D eigenvalue weighted by molar-refractivity contribution is 6.03. The number of hydrogen-bond donors (Lipinski definition) is 14. The largest absolute Gasteiger partial charge is 0.384 e. The van der Waals surface area contributed by atoms with E-state index in [4.69, 9.17) is 22.9 Å². The number of primary amides is 1. The van der Waals surface area contributed by atoms with Gasteiger partial charge in [-0.05, 0) is 108 Å². The van der Waals surface area contributed by atoms with Crippen LogP contribution < -0.4 is 65.5 Å². The lowest BCUT2D eigenvalue weighted by Crippen LogP contribution is -2.60. The first-order valence-electron chi connectivity index (χ1n) is 31.7. The number of aliphatic imine (C=N–C) groups is 1. The van der Waals surface area contributed by atoms with Crippen LogP contribution >= 0.6 is 0 Å². The molecule has 94 heavy (non-hydrogen) atoms. The number of carbonyl (C=O) groups is 8. The van der Waals surface area contributed by atoms with E-state index in [-0.39, 0.29) is 100 Å². The van der Waals surface area contributed by atoms with Gasteiger partial charge >= 0.3 is 0 Å². The molecule has 0 spiro atoms. The van der Waals surface area contributed by atoms with Gasteiger partial charge in [0, 0.05) is 117 Å². The molecule has 6 atom stereocenters. The quantitative estimate of drug-likeness (QED) is 0.0107. The van der Waals surface area contributed by atoms with Crippen LogP contribution in [0.2, 0.25) is 0 Å². The Balaban J connectivity index is 1.14. The molecule has 0 unspecified atom stereocenters. The maximum absolute atomic E-state index is 15.1. The topological polar surface area (TPSA) is 458 Å². The van der Waals surface area contributed by atoms with E-state index in [0.717, 1.165) is 34.9 Å². The standard InChI is InChI=1S/C64H88N20O10/c1-40-32-41(2)83(81-40)31-30-82(29-24-65)28-13-21-56(85)71-26-11-8-18-50(57(66)86)75-59(88)51-19-9-10-25-70-49-23-22-45(84(93)94)36-47(49)58(87)78-55(35-44-38-69-39-74-44)63(92)79-53(33-42-14-4-3-5-15-42)61(90)77-52(20-12-27-72-64(67)68)60(89)80-54(62(91)76-51)34-43-37-73-48-17-7-6-16-46(43)48/h3-7,14-17,22-23,32,36-39,50-55,70,73H,8-13,18-21,24-31,33-35,65H2,1-2H3,(H2,66,86)(H,69,74)(H,71,85)(H,75,88)(H,76,91)(H,77,90)(H,78,87)(H,79,92)(H,80,89)(H4,67,68,72)/t50-,51-,52-,53+,54-,55-/m0/s1. The number of nitro benzene ring substituents is 1. The Labute approximate surface area is 544 Å². The molecular formula is C64H88N20O10. The predicted molar refractivity (Wildman–Crippen MR) is 353 cm³/mol. The number of anilines is 1. The second-order valence-electron chi connectivity index (χ2n) is 23.4. The smallest absolute Gasteiger partial charge is 0.270 e. The van der Waals surface area contributed by atoms with Crippen LogP contribution in [0.1, 0.15) is 103 Å². The van der Waals surface area contributed by atoms with Gasteiger partial charge in [-0.15, -0.1) is 0 Å². The van der Waals surface area contributed by atoms with Crippen molar-refractivity contribution in [2.45, 2.75) is 140 Å². The summed E-state index contributed by atoms with van der Waals surface area (Å²) in [6.45, 7) is 7.65. The van der Waals surface area contributed by atoms with Gasteiger partial charge in [-0.1, -0.05) is 48.5 Å². The van der Waals surface area contributed by atoms with Gasteiger partial charge in [0.05, 0.1) is 29.1 Å². The molecule has 504 valence electrons. The molecule has 6 aromatic rings. The lowest BCUT2D eigenvalue weighted by molar-refractivity contribution is -0.384. The molecule has 4 heterocycles. The van der Waals surface area contributed by atoms with E-state index >= 15 is 4.79 Å². The molecule has 0 bridgehead atoms. The SMILES string of the molecule is Cc1cc(C)n(CCN(CCN)CCCC(=O)NCCCC[C@H](NC(=O)[C@@H]2CCCCNc3ccc([N+](=O)[O-])cc3C(=O)N[C@@H](Cc3cnc[nH]3)C(=O)N[C@H](Cc3ccccc3)C(=O)N[C@@H](CCCN=C(N)N)C(=O)N[C@@H](Cc3c[nH]c4ccccc34)C(=O)N2)C(N)=O)n1. The minimum absolute atomic E-state index is 0.0338. The van der Waals surface area contributed by atoms with Gasteiger partial charge in [0.15, 0.2) is 5.96 Å². The van der Waals surface area contributed by atoms with Crippen molar-refractivity contribution in [3.8, 4) is 0 Å². The fourth-order valence-corrected chi connectivity index (χ4v) is 11.1. The van der Waals surface area contributed by atoms with Crippen molar-refractivity contribution in [2.24, 2.45) is 27.9 Å². The van der Waals surface area contributed by atoms with Gasteiger partial charge in [-0.2, -0.15) is 5.10 Å². The van der Waals surface area contributed by atoms with Crippen LogP contribution in [0.15, 0.2) is 103 Å². The maximum atomic E-state index is 15.1. The molecule has 18 N–H and O–H groups in total. The number of amides is 8. The number of unbranched alkanes of at least 4 members (excludes halogenated alkanes) is 1. The Bertz CT molecular complexity index is 3550. The van der Waals surface area contributed by atoms with Crippen molar-refractivity contribution in [3.63, 3.8) is 0 Å². The maximum Gasteiger partial charge on any atom is 0.270 e. The summed E-state index contributed by atoms with van der Waals surface area (Å²) in [6.07, 6.45) is 6.40. The van der Waals surface area contributed by atoms with E-state index in [2.05, 4.69) is 72.5 Å². The van der Waals surface area contributed by atoms with Crippen LogP contribution in [0, 0.1) is 24.0 Å². The third-order valence-corrected chi connectivity index (χ3v) is 16.1. The van der Waals surface area contributed by atoms with Crippen LogP contribution in [0.4, 0.5) is 11.4 Å². The van der Waals surface area contributed by atoms with E-state index in [9.17, 15) is 43.7 Å². The molecule has 3 aromatic heterocycles. The summed E-state index contributed by atoms with van der Waals surface area (Å²) in [7, 11) is 0. The zero-order valence-electron chi connectivity index (χ0n) is 53.1. The number of benzene rings is 3. The van der Waals surface area contributed by atoms with Crippen LogP contribution in [-0.2, 0) is 59.4 Å². The molecule has 0 radical (unpaired) electrons. The van der Waals surface area contributed by atoms with E-state index in [1.807, 2.05) is 48.9 Å². The number of aromatic amines is 2. The molecule has 0 aliphatic carbocycles. The highest BCUT2D eigenvalue weighted by Crippen LogP contribution is 2.24. The highest BCUT2D eigenvalue weighted by Gasteiger charge is 2.35. The zero-order chi connectivity index (χ0) is 67.5. The number of non-ortho nitro benzene ring substituents is 1. The summed E-state index contributed by atoms with van der Waals surface area (Å²) >= 11 is 0. The van der Waals surface area contributed by atoms with Crippen molar-refractivity contribution >= 4 is 75.5 Å². The first-order valence-corrected chi connectivity index (χ1v) is 31.7. The summed E-state index contributed by atoms with van der Waals surface area (Å²) in [5.74, 6) is -6.14. The van der Waals surface area contributed by atoms with Gasteiger partial charge in [-0.25, -0.2) is 4.98 Å². The Morgan fingerprint density at radius 2 is 1.50 bits per heavy atom. The zero-order valence-corrected chi connectivity index (χ0v) is 53.1. The Kier molecular flexibility index (Phi) is 27.4. The number of aromatic nitrogens is 5. The van der Waals surface area contributed by atoms with E-state index in [1.165, 1.54) is 24.7 Å². The first-order chi connectivity index (χ1) is 45.2. The lowest BCUT2D eigenvalue weighted by atomic mass is 10.0. The molecule has 1 aliphatic heterocycles. The third-order valence-electron chi connectivity index (χ3n) is 16.1. The van der Waals surface area contributed by atoms with Gasteiger partial charge in [0.2, 0.25) is 41.4 Å². The summed E-state index contributed by atoms with van der Waals surface area (Å²) in [5, 5.41) is 40.2. The van der Waals surface area contributed by atoms with Crippen molar-refractivity contribution in [2.75, 3.05) is 51.1 Å². The average molecular weight is 1300 g/mol. The third kappa shape index (κ3) is 22.3. The molecular weight excluding hydrogens is 1210 g/mol. The number of carbonyl (C=O) groups excluding carboxylic acids is 8. The average Bonchev–Trinajstić information content (AvgIpc) is 1.55. The molecule has 8 amide bonds. The first kappa shape index (κ1) is 71.2. The van der Waals surface area contributed by atoms with Crippen molar-refractivity contribution in [3.05, 3.63) is 141 Å². The van der Waals surface area contributed by atoms with Gasteiger partial charge in [-0.3, -0.25) is 58.1 Å². The molecule has 30 nitrogen and oxygen atoms in total. The van der Waals surface area contributed by atoms with Crippen molar-refractivity contribution in [1.29, 1.82) is 0 Å². The Morgan fingerprint density at radius 3 is 2.20 bits per heavy atom. The van der Waals surface area contributed by atoms with E-state index in [1.54, 1.807) is 36.5 Å². The highest BCUT2D eigenvalue weighted by atomic mass is 16.6. The van der Waals surface area contributed by atoms with Crippen LogP contribution in [-0.4, -0.2) is 170 Å². The monoisotopic (exact) mass is 1300 g/mol. The molecule has 7 rings (SSSR count). The second kappa shape index (κ2) is 36.1. The van der Waals surface area contributed by atoms with Crippen molar-refractivity contribution < 1.29 is 43.3 Å². The molecule has 0 fully saturated rings. The number of fused-ring (bicyclic) bond motifs is 2. The summed E-state index contributed by atoms with van der Waals surface area (Å²) in [6, 6.07) is 13.5. The number of guanidine groups is 1. The number of H-pyrrole nitrogens is 2. The number of hydrogen-bond acceptors (Lipinski definition) is 16. The molecule has 0 saturated heterocycles. The molecule has 0 saturated carbocycles. The predicted octanol–water partition coefficient (Wildman–Crippen LogP) is 1.03. The minimum atomic E-state index is -1.42. The second-order valence-corrected chi connectivity index (χ2v) is 23.4. The number of nitrogens with zero attached hydrogens (tertiary/aromatic N) is 6. The molecule has 3 aromatic carbocycles. The Hall–Kier alpha value is -10.2. The van der Waals surface area contributed by atoms with E-state index in [0.29, 0.717) is 68.8 Å². The number of nitrogens with two attached hydrogens (primary N) is 4. The fourth-order valence-electron chi connectivity index (χ4n) is 11.1. The van der Waals surface area contributed by atoms with Crippen molar-refractivity contribution in [1.82, 2.24) is 66.8 Å². The van der Waals surface area contributed by atoms with Crippen LogP contribution in [0.3, 0.4) is 0 Å². The van der Waals surface area contributed by atoms with E-state index < -0.39 is 88.2 Å². The summed E-state index contributed by atoms with van der Waals surface area (Å²) in [4.78, 5) is 143. The van der Waals surface area contributed by atoms with Gasteiger partial charge in [0.25, 0.3) is 11.6 Å². The fraction of sp³-hybridized carbons (Fsp3) is 0.453. The number of rotatable bonds is 28. The van der Waals surface area contributed by atoms with Gasteiger partial charge < -0.3 is 80.3 Å². The number of para-hydroxylation sites is 1. The number of imidazole rings is 1. The molecule has 30 heteroatoms. The summed E-state index contributed by atoms with van der Waals surface area (Å²) < 4.78 is 1.96. The normalized spacial score (nSPS) is 18.1. The number of aryl methyl sites for hydroxylation is 2. The molecule has 1 aliphatic rings. The van der Waals surface area contributed by atoms with Gasteiger partial charge in [0.1, 0.15) is 36.3 Å². The lowest BCUT2D eigenvalue weighted by Gasteiger charge is -2.28. The number of nitro groups is 1. The minimum Gasteiger partial charge on any atom is -0.384 e. The van der Waals surface area contributed by atoms with Crippen LogP contribution in [0.5, 0.6) is 0 Å².